The second-order valence-electron chi connectivity index (χ2n) is 6.18. The van der Waals surface area contributed by atoms with Crippen LogP contribution in [-0.2, 0) is 0 Å². The molecule has 0 spiro atoms. The molecule has 2 rings (SSSR count). The zero-order valence-corrected chi connectivity index (χ0v) is 13.8. The third kappa shape index (κ3) is 3.30. The van der Waals surface area contributed by atoms with Crippen LogP contribution in [0, 0.1) is 0 Å². The zero-order chi connectivity index (χ0) is 14.8. The standard InChI is InChI=1S/C16H24Cl2N2/c1-16(2,20-10-5-3-4-6-11-20)15(19)12-8-7-9-13(17)14(12)18/h7-9,15H,3-6,10-11,19H2,1-2H3. The quantitative estimate of drug-likeness (QED) is 0.880. The fourth-order valence-electron chi connectivity index (χ4n) is 2.98. The summed E-state index contributed by atoms with van der Waals surface area (Å²) in [4.78, 5) is 2.50. The van der Waals surface area contributed by atoms with Crippen molar-refractivity contribution in [3.8, 4) is 0 Å². The van der Waals surface area contributed by atoms with Crippen LogP contribution in [0.5, 0.6) is 0 Å². The molecule has 1 aliphatic heterocycles. The molecule has 1 unspecified atom stereocenters. The second-order valence-corrected chi connectivity index (χ2v) is 6.96. The Balaban J connectivity index is 2.25. The molecule has 0 aromatic heterocycles. The first-order chi connectivity index (χ1) is 9.44. The molecule has 20 heavy (non-hydrogen) atoms. The number of nitrogens with two attached hydrogens (primary N) is 1. The van der Waals surface area contributed by atoms with Crippen LogP contribution in [0.1, 0.15) is 51.1 Å². The summed E-state index contributed by atoms with van der Waals surface area (Å²) in [7, 11) is 0. The van der Waals surface area contributed by atoms with Crippen molar-refractivity contribution < 1.29 is 0 Å². The van der Waals surface area contributed by atoms with Gasteiger partial charge in [-0.2, -0.15) is 0 Å². The lowest BCUT2D eigenvalue weighted by atomic mass is 9.87. The van der Waals surface area contributed by atoms with Gasteiger partial charge in [0.15, 0.2) is 0 Å². The van der Waals surface area contributed by atoms with Crippen LogP contribution in [-0.4, -0.2) is 23.5 Å². The molecule has 2 nitrogen and oxygen atoms in total. The molecule has 1 aliphatic rings. The van der Waals surface area contributed by atoms with Gasteiger partial charge in [0.05, 0.1) is 10.0 Å². The first-order valence-electron chi connectivity index (χ1n) is 7.39. The van der Waals surface area contributed by atoms with E-state index in [0.717, 1.165) is 18.7 Å². The summed E-state index contributed by atoms with van der Waals surface area (Å²) in [5, 5.41) is 1.16. The molecule has 112 valence electrons. The molecule has 0 radical (unpaired) electrons. The van der Waals surface area contributed by atoms with Gasteiger partial charge in [-0.1, -0.05) is 48.2 Å². The van der Waals surface area contributed by atoms with Crippen molar-refractivity contribution in [3.63, 3.8) is 0 Å². The number of rotatable bonds is 3. The largest absolute Gasteiger partial charge is 0.322 e. The van der Waals surface area contributed by atoms with E-state index in [4.69, 9.17) is 28.9 Å². The van der Waals surface area contributed by atoms with Crippen molar-refractivity contribution in [3.05, 3.63) is 33.8 Å². The lowest BCUT2D eigenvalue weighted by Gasteiger charge is -2.42. The first kappa shape index (κ1) is 16.1. The van der Waals surface area contributed by atoms with Crippen LogP contribution in [0.3, 0.4) is 0 Å². The lowest BCUT2D eigenvalue weighted by molar-refractivity contribution is 0.0980. The van der Waals surface area contributed by atoms with Crippen LogP contribution in [0.4, 0.5) is 0 Å². The van der Waals surface area contributed by atoms with E-state index in [2.05, 4.69) is 18.7 Å². The summed E-state index contributed by atoms with van der Waals surface area (Å²) < 4.78 is 0. The predicted octanol–water partition coefficient (Wildman–Crippen LogP) is 4.65. The van der Waals surface area contributed by atoms with E-state index < -0.39 is 0 Å². The Bertz CT molecular complexity index is 452. The molecule has 4 heteroatoms. The average molecular weight is 315 g/mol. The van der Waals surface area contributed by atoms with E-state index in [0.29, 0.717) is 10.0 Å². The SMILES string of the molecule is CC(C)(C(N)c1cccc(Cl)c1Cl)N1CCCCCC1. The lowest BCUT2D eigenvalue weighted by Crippen LogP contribution is -2.51. The summed E-state index contributed by atoms with van der Waals surface area (Å²) in [6.07, 6.45) is 5.14. The Kier molecular flexibility index (Phi) is 5.36. The molecule has 1 fully saturated rings. The molecule has 1 atom stereocenters. The monoisotopic (exact) mass is 314 g/mol. The van der Waals surface area contributed by atoms with Crippen molar-refractivity contribution in [1.29, 1.82) is 0 Å². The van der Waals surface area contributed by atoms with E-state index in [1.165, 1.54) is 25.7 Å². The van der Waals surface area contributed by atoms with Crippen LogP contribution < -0.4 is 5.73 Å². The van der Waals surface area contributed by atoms with Gasteiger partial charge in [-0.25, -0.2) is 0 Å². The number of benzene rings is 1. The highest BCUT2D eigenvalue weighted by atomic mass is 35.5. The molecule has 0 saturated carbocycles. The highest BCUT2D eigenvalue weighted by molar-refractivity contribution is 6.42. The Labute approximate surface area is 132 Å². The van der Waals surface area contributed by atoms with Crippen LogP contribution in [0.25, 0.3) is 0 Å². The number of likely N-dealkylation sites (tertiary alicyclic amines) is 1. The molecular weight excluding hydrogens is 291 g/mol. The van der Waals surface area contributed by atoms with Gasteiger partial charge in [-0.05, 0) is 51.4 Å². The second kappa shape index (κ2) is 6.65. The molecule has 0 aliphatic carbocycles. The smallest absolute Gasteiger partial charge is 0.0640 e. The normalized spacial score (nSPS) is 19.6. The van der Waals surface area contributed by atoms with E-state index >= 15 is 0 Å². The Morgan fingerprint density at radius 2 is 1.70 bits per heavy atom. The Hall–Kier alpha value is -0.280. The van der Waals surface area contributed by atoms with Crippen molar-refractivity contribution in [1.82, 2.24) is 4.90 Å². The van der Waals surface area contributed by atoms with Crippen molar-refractivity contribution in [2.75, 3.05) is 13.1 Å². The molecule has 1 aromatic carbocycles. The molecule has 1 aromatic rings. The van der Waals surface area contributed by atoms with Crippen molar-refractivity contribution in [2.45, 2.75) is 51.1 Å². The van der Waals surface area contributed by atoms with Crippen LogP contribution in [0.2, 0.25) is 10.0 Å². The minimum atomic E-state index is -0.146. The Morgan fingerprint density at radius 3 is 2.30 bits per heavy atom. The number of halogens is 2. The molecular formula is C16H24Cl2N2. The molecule has 0 bridgehead atoms. The van der Waals surface area contributed by atoms with Gasteiger partial charge in [0.2, 0.25) is 0 Å². The fourth-order valence-corrected chi connectivity index (χ4v) is 3.41. The van der Waals surface area contributed by atoms with Gasteiger partial charge in [0.25, 0.3) is 0 Å². The van der Waals surface area contributed by atoms with Gasteiger partial charge in [0.1, 0.15) is 0 Å². The van der Waals surface area contributed by atoms with Gasteiger partial charge in [-0.15, -0.1) is 0 Å². The van der Waals surface area contributed by atoms with Crippen molar-refractivity contribution in [2.24, 2.45) is 5.73 Å². The van der Waals surface area contributed by atoms with Crippen molar-refractivity contribution >= 4 is 23.2 Å². The van der Waals surface area contributed by atoms with E-state index in [1.807, 2.05) is 12.1 Å². The summed E-state index contributed by atoms with van der Waals surface area (Å²) in [5.41, 5.74) is 7.35. The van der Waals surface area contributed by atoms with Gasteiger partial charge in [0, 0.05) is 11.6 Å². The summed E-state index contributed by atoms with van der Waals surface area (Å²) >= 11 is 12.5. The number of hydrogen-bond acceptors (Lipinski definition) is 2. The Morgan fingerprint density at radius 1 is 1.10 bits per heavy atom. The van der Waals surface area contributed by atoms with Gasteiger partial charge < -0.3 is 5.73 Å². The topological polar surface area (TPSA) is 29.3 Å². The van der Waals surface area contributed by atoms with E-state index in [-0.39, 0.29) is 11.6 Å². The molecule has 0 amide bonds. The van der Waals surface area contributed by atoms with Gasteiger partial charge in [-0.3, -0.25) is 4.90 Å². The fraction of sp³-hybridized carbons (Fsp3) is 0.625. The maximum atomic E-state index is 6.54. The van der Waals surface area contributed by atoms with Gasteiger partial charge >= 0.3 is 0 Å². The van der Waals surface area contributed by atoms with E-state index in [1.54, 1.807) is 6.07 Å². The minimum absolute atomic E-state index is 0.126. The van der Waals surface area contributed by atoms with Crippen LogP contribution >= 0.6 is 23.2 Å². The third-order valence-electron chi connectivity index (χ3n) is 4.50. The maximum absolute atomic E-state index is 6.54. The summed E-state index contributed by atoms with van der Waals surface area (Å²) in [5.74, 6) is 0. The highest BCUT2D eigenvalue weighted by Crippen LogP contribution is 2.36. The predicted molar refractivity (Wildman–Crippen MR) is 87.5 cm³/mol. The molecule has 1 heterocycles. The summed E-state index contributed by atoms with van der Waals surface area (Å²) in [6.45, 7) is 6.64. The third-order valence-corrected chi connectivity index (χ3v) is 5.33. The number of nitrogens with zero attached hydrogens (tertiary/aromatic N) is 1. The number of hydrogen-bond donors (Lipinski definition) is 1. The first-order valence-corrected chi connectivity index (χ1v) is 8.14. The molecule has 1 saturated heterocycles. The average Bonchev–Trinajstić information content (AvgIpc) is 2.70. The maximum Gasteiger partial charge on any atom is 0.0640 e. The molecule has 2 N–H and O–H groups in total. The van der Waals surface area contributed by atoms with Crippen LogP contribution in [0.15, 0.2) is 18.2 Å². The van der Waals surface area contributed by atoms with E-state index in [9.17, 15) is 0 Å². The minimum Gasteiger partial charge on any atom is -0.322 e. The zero-order valence-electron chi connectivity index (χ0n) is 12.3. The summed E-state index contributed by atoms with van der Waals surface area (Å²) in [6, 6.07) is 5.56. The highest BCUT2D eigenvalue weighted by Gasteiger charge is 2.35.